The van der Waals surface area contributed by atoms with E-state index >= 15 is 0 Å². The number of hydrogen-bond acceptors (Lipinski definition) is 6. The zero-order valence-electron chi connectivity index (χ0n) is 13.3. The number of anilines is 3. The van der Waals surface area contributed by atoms with Gasteiger partial charge < -0.3 is 15.5 Å². The Morgan fingerprint density at radius 2 is 2.17 bits per heavy atom. The van der Waals surface area contributed by atoms with Crippen molar-refractivity contribution in [3.63, 3.8) is 0 Å². The van der Waals surface area contributed by atoms with Crippen LogP contribution in [0.5, 0.6) is 0 Å². The van der Waals surface area contributed by atoms with Crippen LogP contribution in [0.3, 0.4) is 0 Å². The Morgan fingerprint density at radius 3 is 3.00 bits per heavy atom. The first-order valence-corrected chi connectivity index (χ1v) is 8.29. The third kappa shape index (κ3) is 2.28. The summed E-state index contributed by atoms with van der Waals surface area (Å²) in [7, 11) is 0. The van der Waals surface area contributed by atoms with Crippen LogP contribution < -0.4 is 15.5 Å². The summed E-state index contributed by atoms with van der Waals surface area (Å²) in [5.41, 5.74) is 2.47. The lowest BCUT2D eigenvalue weighted by Crippen LogP contribution is -2.54. The molecule has 0 radical (unpaired) electrons. The second-order valence-electron chi connectivity index (χ2n) is 6.81. The third-order valence-electron chi connectivity index (χ3n) is 5.08. The average Bonchev–Trinajstić information content (AvgIpc) is 3.21. The van der Waals surface area contributed by atoms with E-state index in [4.69, 9.17) is 4.98 Å². The number of aromatic amines is 1. The van der Waals surface area contributed by atoms with Crippen LogP contribution in [-0.4, -0.2) is 46.3 Å². The highest BCUT2D eigenvalue weighted by Gasteiger charge is 2.43. The fourth-order valence-corrected chi connectivity index (χ4v) is 3.61. The second kappa shape index (κ2) is 5.17. The maximum atomic E-state index is 4.70. The summed E-state index contributed by atoms with van der Waals surface area (Å²) < 4.78 is 0. The van der Waals surface area contributed by atoms with Crippen LogP contribution in [-0.2, 0) is 0 Å². The molecule has 3 aromatic rings. The first-order valence-electron chi connectivity index (χ1n) is 8.29. The molecule has 122 valence electrons. The predicted molar refractivity (Wildman–Crippen MR) is 93.5 cm³/mol. The van der Waals surface area contributed by atoms with Crippen LogP contribution in [0.1, 0.15) is 6.42 Å². The number of H-pyrrole nitrogens is 1. The highest BCUT2D eigenvalue weighted by molar-refractivity contribution is 5.82. The Labute approximate surface area is 139 Å². The van der Waals surface area contributed by atoms with Gasteiger partial charge in [0.25, 0.3) is 0 Å². The van der Waals surface area contributed by atoms with Crippen LogP contribution in [0.2, 0.25) is 0 Å². The molecule has 1 aromatic carbocycles. The van der Waals surface area contributed by atoms with Crippen molar-refractivity contribution in [2.75, 3.05) is 36.4 Å². The van der Waals surface area contributed by atoms with Crippen LogP contribution >= 0.6 is 0 Å². The molecular formula is C17H19N7. The molecule has 2 aliphatic rings. The molecule has 7 nitrogen and oxygen atoms in total. The number of fused-ring (bicyclic) bond motifs is 1. The Bertz CT molecular complexity index is 883. The molecule has 0 saturated carbocycles. The van der Waals surface area contributed by atoms with E-state index in [2.05, 4.69) is 36.8 Å². The minimum Gasteiger partial charge on any atom is -0.340 e. The highest BCUT2D eigenvalue weighted by Crippen LogP contribution is 2.35. The lowest BCUT2D eigenvalue weighted by atomic mass is 9.81. The Balaban J connectivity index is 1.37. The quantitative estimate of drug-likeness (QED) is 0.683. The van der Waals surface area contributed by atoms with Gasteiger partial charge in [-0.3, -0.25) is 5.10 Å². The van der Waals surface area contributed by atoms with E-state index in [1.54, 1.807) is 0 Å². The number of nitrogens with one attached hydrogen (secondary N) is 3. The molecular weight excluding hydrogens is 302 g/mol. The average molecular weight is 321 g/mol. The second-order valence-corrected chi connectivity index (χ2v) is 6.81. The minimum atomic E-state index is 0.444. The topological polar surface area (TPSA) is 81.8 Å². The van der Waals surface area contributed by atoms with E-state index in [-0.39, 0.29) is 0 Å². The largest absolute Gasteiger partial charge is 0.340 e. The molecule has 2 fully saturated rings. The molecule has 5 rings (SSSR count). The summed E-state index contributed by atoms with van der Waals surface area (Å²) in [4.78, 5) is 11.5. The SMILES string of the molecule is c1cc(Nc2ccc3[nH]ncc3c2)nc(N2CCC3(CNC3)C2)n1. The van der Waals surface area contributed by atoms with Crippen molar-refractivity contribution in [2.45, 2.75) is 6.42 Å². The molecule has 0 amide bonds. The van der Waals surface area contributed by atoms with Crippen molar-refractivity contribution >= 4 is 28.4 Å². The molecule has 4 heterocycles. The lowest BCUT2D eigenvalue weighted by molar-refractivity contribution is 0.199. The van der Waals surface area contributed by atoms with E-state index in [1.807, 2.05) is 30.6 Å². The van der Waals surface area contributed by atoms with Gasteiger partial charge in [0.2, 0.25) is 5.95 Å². The number of nitrogens with zero attached hydrogens (tertiary/aromatic N) is 4. The van der Waals surface area contributed by atoms with Crippen molar-refractivity contribution in [1.29, 1.82) is 0 Å². The molecule has 0 bridgehead atoms. The fourth-order valence-electron chi connectivity index (χ4n) is 3.61. The van der Waals surface area contributed by atoms with Gasteiger partial charge in [0.1, 0.15) is 5.82 Å². The van der Waals surface area contributed by atoms with Crippen molar-refractivity contribution in [3.05, 3.63) is 36.7 Å². The molecule has 2 aromatic heterocycles. The molecule has 24 heavy (non-hydrogen) atoms. The zero-order valence-corrected chi connectivity index (χ0v) is 13.3. The van der Waals surface area contributed by atoms with Gasteiger partial charge >= 0.3 is 0 Å². The van der Waals surface area contributed by atoms with Gasteiger partial charge in [-0.1, -0.05) is 0 Å². The molecule has 1 spiro atoms. The molecule has 0 aliphatic carbocycles. The summed E-state index contributed by atoms with van der Waals surface area (Å²) in [6, 6.07) is 8.00. The standard InChI is InChI=1S/C17H19N7/c1-2-14-12(8-20-23-14)7-13(1)21-15-3-5-19-16(22-15)24-6-4-17(11-24)9-18-10-17/h1-3,5,7-8,18H,4,6,9-11H2,(H,20,23)(H,19,21,22). The fraction of sp³-hybridized carbons (Fsp3) is 0.353. The third-order valence-corrected chi connectivity index (χ3v) is 5.08. The molecule has 7 heteroatoms. The van der Waals surface area contributed by atoms with Gasteiger partial charge in [0.15, 0.2) is 0 Å². The molecule has 3 N–H and O–H groups in total. The number of benzene rings is 1. The van der Waals surface area contributed by atoms with Gasteiger partial charge in [-0.25, -0.2) is 4.98 Å². The Hall–Kier alpha value is -2.67. The van der Waals surface area contributed by atoms with E-state index in [0.717, 1.165) is 54.5 Å². The first kappa shape index (κ1) is 13.7. The molecule has 0 unspecified atom stereocenters. The van der Waals surface area contributed by atoms with Gasteiger partial charge in [-0.15, -0.1) is 0 Å². The first-order chi connectivity index (χ1) is 11.8. The van der Waals surface area contributed by atoms with E-state index in [9.17, 15) is 0 Å². The Kier molecular flexibility index (Phi) is 2.96. The van der Waals surface area contributed by atoms with Crippen molar-refractivity contribution in [3.8, 4) is 0 Å². The number of rotatable bonds is 3. The summed E-state index contributed by atoms with van der Waals surface area (Å²) in [6.07, 6.45) is 4.87. The molecule has 2 aliphatic heterocycles. The van der Waals surface area contributed by atoms with Crippen LogP contribution in [0, 0.1) is 5.41 Å². The van der Waals surface area contributed by atoms with Crippen LogP contribution in [0.25, 0.3) is 10.9 Å². The molecule has 0 atom stereocenters. The van der Waals surface area contributed by atoms with E-state index in [1.165, 1.54) is 6.42 Å². The molecule has 2 saturated heterocycles. The summed E-state index contributed by atoms with van der Waals surface area (Å²) in [5.74, 6) is 1.63. The predicted octanol–water partition coefficient (Wildman–Crippen LogP) is 1.90. The normalized spacial score (nSPS) is 18.9. The van der Waals surface area contributed by atoms with Crippen LogP contribution in [0.4, 0.5) is 17.5 Å². The number of aromatic nitrogens is 4. The van der Waals surface area contributed by atoms with Crippen molar-refractivity contribution in [1.82, 2.24) is 25.5 Å². The summed E-state index contributed by atoms with van der Waals surface area (Å²) in [5, 5.41) is 14.8. The summed E-state index contributed by atoms with van der Waals surface area (Å²) >= 11 is 0. The van der Waals surface area contributed by atoms with E-state index in [0.29, 0.717) is 5.41 Å². The summed E-state index contributed by atoms with van der Waals surface area (Å²) in [6.45, 7) is 4.31. The van der Waals surface area contributed by atoms with Gasteiger partial charge in [0, 0.05) is 48.9 Å². The van der Waals surface area contributed by atoms with Crippen molar-refractivity contribution in [2.24, 2.45) is 5.41 Å². The van der Waals surface area contributed by atoms with Crippen molar-refractivity contribution < 1.29 is 0 Å². The Morgan fingerprint density at radius 1 is 1.21 bits per heavy atom. The maximum absolute atomic E-state index is 4.70. The smallest absolute Gasteiger partial charge is 0.227 e. The van der Waals surface area contributed by atoms with Crippen LogP contribution in [0.15, 0.2) is 36.7 Å². The van der Waals surface area contributed by atoms with Gasteiger partial charge in [0.05, 0.1) is 11.7 Å². The maximum Gasteiger partial charge on any atom is 0.227 e. The van der Waals surface area contributed by atoms with Gasteiger partial charge in [-0.05, 0) is 30.7 Å². The van der Waals surface area contributed by atoms with E-state index < -0.39 is 0 Å². The number of hydrogen-bond donors (Lipinski definition) is 3. The van der Waals surface area contributed by atoms with Gasteiger partial charge in [-0.2, -0.15) is 10.1 Å². The zero-order chi connectivity index (χ0) is 16.0. The minimum absolute atomic E-state index is 0.444. The lowest BCUT2D eigenvalue weighted by Gasteiger charge is -2.38. The highest BCUT2D eigenvalue weighted by atomic mass is 15.3. The monoisotopic (exact) mass is 321 g/mol.